The fourth-order valence-corrected chi connectivity index (χ4v) is 3.54. The first-order valence-corrected chi connectivity index (χ1v) is 9.34. The van der Waals surface area contributed by atoms with Crippen molar-refractivity contribution in [3.8, 4) is 17.0 Å². The zero-order chi connectivity index (χ0) is 18.8. The number of hydrogen-bond acceptors (Lipinski definition) is 5. The number of likely N-dealkylation sites (tertiary alicyclic amines) is 1. The molecule has 142 valence electrons. The third-order valence-electron chi connectivity index (χ3n) is 5.14. The number of para-hydroxylation sites is 1. The van der Waals surface area contributed by atoms with Crippen LogP contribution in [0.1, 0.15) is 31.4 Å². The average molecular weight is 369 g/mol. The van der Waals surface area contributed by atoms with Gasteiger partial charge in [-0.3, -0.25) is 9.59 Å². The summed E-state index contributed by atoms with van der Waals surface area (Å²) < 4.78 is 10.7. The highest BCUT2D eigenvalue weighted by atomic mass is 16.5. The van der Waals surface area contributed by atoms with E-state index in [0.29, 0.717) is 30.2 Å². The van der Waals surface area contributed by atoms with Crippen molar-refractivity contribution in [1.29, 1.82) is 0 Å². The highest BCUT2D eigenvalue weighted by Crippen LogP contribution is 2.34. The van der Waals surface area contributed by atoms with Crippen molar-refractivity contribution in [2.24, 2.45) is 5.92 Å². The van der Waals surface area contributed by atoms with Gasteiger partial charge in [0.1, 0.15) is 17.5 Å². The summed E-state index contributed by atoms with van der Waals surface area (Å²) in [6, 6.07) is 8.98. The maximum atomic E-state index is 12.6. The summed E-state index contributed by atoms with van der Waals surface area (Å²) in [4.78, 5) is 26.6. The van der Waals surface area contributed by atoms with Crippen LogP contribution in [0.4, 0.5) is 0 Å². The Hall–Kier alpha value is -2.83. The molecular weight excluding hydrogens is 346 g/mol. The van der Waals surface area contributed by atoms with Crippen LogP contribution < -0.4 is 10.1 Å². The first kappa shape index (κ1) is 17.6. The van der Waals surface area contributed by atoms with E-state index in [-0.39, 0.29) is 30.3 Å². The summed E-state index contributed by atoms with van der Waals surface area (Å²) in [6.07, 6.45) is 3.49. The van der Waals surface area contributed by atoms with Gasteiger partial charge in [0.15, 0.2) is 5.76 Å². The van der Waals surface area contributed by atoms with Gasteiger partial charge in [-0.2, -0.15) is 0 Å². The molecule has 0 unspecified atom stereocenters. The zero-order valence-corrected chi connectivity index (χ0v) is 15.3. The summed E-state index contributed by atoms with van der Waals surface area (Å²) in [7, 11) is 1.61. The third-order valence-corrected chi connectivity index (χ3v) is 5.14. The second-order valence-corrected chi connectivity index (χ2v) is 7.06. The number of ether oxygens (including phenoxy) is 1. The molecule has 27 heavy (non-hydrogen) atoms. The highest BCUT2D eigenvalue weighted by molar-refractivity contribution is 5.90. The molecule has 1 aliphatic carbocycles. The minimum absolute atomic E-state index is 0.128. The smallest absolute Gasteiger partial charge is 0.243 e. The molecule has 1 saturated heterocycles. The maximum absolute atomic E-state index is 12.6. The lowest BCUT2D eigenvalue weighted by molar-refractivity contribution is -0.139. The van der Waals surface area contributed by atoms with Gasteiger partial charge in [0.2, 0.25) is 11.8 Å². The number of nitrogens with one attached hydrogen (secondary N) is 1. The standard InChI is InChI=1S/C20H23N3O4/c1-26-18-7-3-2-5-15(18)16-11-14(27-22-16)12-21-19(24)17-6-4-10-23(17)20(25)13-8-9-13/h2-3,5,7,11,13,17H,4,6,8-10,12H2,1H3,(H,21,24)/t17-/m0/s1. The van der Waals surface area contributed by atoms with Gasteiger partial charge in [0, 0.05) is 24.1 Å². The van der Waals surface area contributed by atoms with E-state index in [1.165, 1.54) is 0 Å². The second kappa shape index (κ2) is 7.42. The Morgan fingerprint density at radius 3 is 2.89 bits per heavy atom. The number of methoxy groups -OCH3 is 1. The summed E-state index contributed by atoms with van der Waals surface area (Å²) >= 11 is 0. The topological polar surface area (TPSA) is 84.7 Å². The number of carbonyl (C=O) groups excluding carboxylic acids is 2. The van der Waals surface area contributed by atoms with Gasteiger partial charge >= 0.3 is 0 Å². The molecule has 1 aromatic heterocycles. The van der Waals surface area contributed by atoms with Crippen LogP contribution in [0.2, 0.25) is 0 Å². The quantitative estimate of drug-likeness (QED) is 0.845. The number of carbonyl (C=O) groups is 2. The Morgan fingerprint density at radius 1 is 1.30 bits per heavy atom. The molecule has 7 heteroatoms. The van der Waals surface area contributed by atoms with E-state index in [1.54, 1.807) is 18.1 Å². The molecule has 0 spiro atoms. The minimum atomic E-state index is -0.366. The molecular formula is C20H23N3O4. The monoisotopic (exact) mass is 369 g/mol. The van der Waals surface area contributed by atoms with Crippen molar-refractivity contribution < 1.29 is 18.8 Å². The molecule has 1 saturated carbocycles. The molecule has 2 amide bonds. The molecule has 4 rings (SSSR count). The molecule has 1 atom stereocenters. The van der Waals surface area contributed by atoms with Gasteiger partial charge < -0.3 is 19.5 Å². The van der Waals surface area contributed by atoms with Crippen molar-refractivity contribution in [3.05, 3.63) is 36.1 Å². The SMILES string of the molecule is COc1ccccc1-c1cc(CNC(=O)[C@@H]2CCCN2C(=O)C2CC2)on1. The summed E-state index contributed by atoms with van der Waals surface area (Å²) in [5, 5.41) is 6.95. The summed E-state index contributed by atoms with van der Waals surface area (Å²) in [6.45, 7) is 0.913. The Morgan fingerprint density at radius 2 is 2.11 bits per heavy atom. The largest absolute Gasteiger partial charge is 0.496 e. The number of aromatic nitrogens is 1. The van der Waals surface area contributed by atoms with E-state index in [1.807, 2.05) is 24.3 Å². The Labute approximate surface area is 157 Å². The summed E-state index contributed by atoms with van der Waals surface area (Å²) in [5.41, 5.74) is 1.49. The second-order valence-electron chi connectivity index (χ2n) is 7.06. The lowest BCUT2D eigenvalue weighted by Crippen LogP contribution is -2.46. The van der Waals surface area contributed by atoms with Gasteiger partial charge in [-0.25, -0.2) is 0 Å². The Kier molecular flexibility index (Phi) is 4.83. The summed E-state index contributed by atoms with van der Waals surface area (Å²) in [5.74, 6) is 1.41. The van der Waals surface area contributed by atoms with Gasteiger partial charge in [0.05, 0.1) is 13.7 Å². The molecule has 2 aromatic rings. The first-order chi connectivity index (χ1) is 13.2. The van der Waals surface area contributed by atoms with Crippen LogP contribution in [0.25, 0.3) is 11.3 Å². The molecule has 1 N–H and O–H groups in total. The predicted octanol–water partition coefficient (Wildman–Crippen LogP) is 2.37. The van der Waals surface area contributed by atoms with E-state index < -0.39 is 0 Å². The van der Waals surface area contributed by atoms with Gasteiger partial charge in [0.25, 0.3) is 0 Å². The molecule has 0 radical (unpaired) electrons. The van der Waals surface area contributed by atoms with Crippen LogP contribution in [-0.4, -0.2) is 41.6 Å². The van der Waals surface area contributed by atoms with Crippen LogP contribution in [0.3, 0.4) is 0 Å². The fourth-order valence-electron chi connectivity index (χ4n) is 3.54. The van der Waals surface area contributed by atoms with Gasteiger partial charge in [-0.1, -0.05) is 17.3 Å². The van der Waals surface area contributed by atoms with E-state index in [0.717, 1.165) is 24.8 Å². The minimum Gasteiger partial charge on any atom is -0.496 e. The lowest BCUT2D eigenvalue weighted by Gasteiger charge is -2.23. The van der Waals surface area contributed by atoms with E-state index >= 15 is 0 Å². The first-order valence-electron chi connectivity index (χ1n) is 9.34. The van der Waals surface area contributed by atoms with Crippen molar-refractivity contribution in [2.75, 3.05) is 13.7 Å². The van der Waals surface area contributed by atoms with Crippen LogP contribution >= 0.6 is 0 Å². The molecule has 1 aromatic carbocycles. The number of nitrogens with zero attached hydrogens (tertiary/aromatic N) is 2. The zero-order valence-electron chi connectivity index (χ0n) is 15.3. The van der Waals surface area contributed by atoms with Gasteiger partial charge in [-0.15, -0.1) is 0 Å². The van der Waals surface area contributed by atoms with Crippen LogP contribution in [0, 0.1) is 5.92 Å². The normalized spacial score (nSPS) is 19.1. The van der Waals surface area contributed by atoms with Crippen LogP contribution in [0.15, 0.2) is 34.9 Å². The number of amides is 2. The lowest BCUT2D eigenvalue weighted by atomic mass is 10.1. The van der Waals surface area contributed by atoms with E-state index in [9.17, 15) is 9.59 Å². The Balaban J connectivity index is 1.38. The van der Waals surface area contributed by atoms with E-state index in [2.05, 4.69) is 10.5 Å². The molecule has 7 nitrogen and oxygen atoms in total. The Bertz CT molecular complexity index is 843. The fraction of sp³-hybridized carbons (Fsp3) is 0.450. The van der Waals surface area contributed by atoms with Crippen molar-refractivity contribution in [2.45, 2.75) is 38.3 Å². The molecule has 2 heterocycles. The third kappa shape index (κ3) is 3.67. The van der Waals surface area contributed by atoms with Crippen LogP contribution in [0.5, 0.6) is 5.75 Å². The molecule has 2 aliphatic rings. The number of benzene rings is 1. The highest BCUT2D eigenvalue weighted by Gasteiger charge is 2.40. The molecule has 2 fully saturated rings. The average Bonchev–Trinajstić information content (AvgIpc) is 3.24. The number of hydrogen-bond donors (Lipinski definition) is 1. The maximum Gasteiger partial charge on any atom is 0.243 e. The van der Waals surface area contributed by atoms with Crippen molar-refractivity contribution in [3.63, 3.8) is 0 Å². The van der Waals surface area contributed by atoms with Crippen LogP contribution in [-0.2, 0) is 16.1 Å². The molecule has 1 aliphatic heterocycles. The van der Waals surface area contributed by atoms with E-state index in [4.69, 9.17) is 9.26 Å². The van der Waals surface area contributed by atoms with Crippen molar-refractivity contribution >= 4 is 11.8 Å². The molecule has 0 bridgehead atoms. The predicted molar refractivity (Wildman–Crippen MR) is 97.8 cm³/mol. The van der Waals surface area contributed by atoms with Crippen molar-refractivity contribution in [1.82, 2.24) is 15.4 Å². The number of rotatable bonds is 6. The van der Waals surface area contributed by atoms with Gasteiger partial charge in [-0.05, 0) is 37.8 Å².